The fourth-order valence-electron chi connectivity index (χ4n) is 5.49. The van der Waals surface area contributed by atoms with E-state index in [9.17, 15) is 8.42 Å². The monoisotopic (exact) mass is 537 g/mol. The SMILES string of the molecule is C#C[C@H]1CC[C@H](c2ccccc2)S(=O)(=O)N1Cc1ccc(C2(NCc3coc(C)n3)CCOCC2)cc1F. The molecule has 2 saturated heterocycles. The van der Waals surface area contributed by atoms with E-state index in [4.69, 9.17) is 15.6 Å². The Bertz CT molecular complexity index is 1410. The minimum absolute atomic E-state index is 0.117. The van der Waals surface area contributed by atoms with Gasteiger partial charge in [-0.25, -0.2) is 17.8 Å². The number of halogens is 1. The third kappa shape index (κ3) is 5.27. The van der Waals surface area contributed by atoms with Crippen LogP contribution in [-0.2, 0) is 33.4 Å². The first kappa shape index (κ1) is 26.6. The van der Waals surface area contributed by atoms with Crippen LogP contribution in [0.25, 0.3) is 0 Å². The molecule has 2 atom stereocenters. The maximum Gasteiger partial charge on any atom is 0.222 e. The van der Waals surface area contributed by atoms with Gasteiger partial charge < -0.3 is 14.5 Å². The number of nitrogens with one attached hydrogen (secondary N) is 1. The quantitative estimate of drug-likeness (QED) is 0.444. The van der Waals surface area contributed by atoms with E-state index in [0.717, 1.165) is 16.8 Å². The van der Waals surface area contributed by atoms with Gasteiger partial charge in [0.05, 0.1) is 11.7 Å². The molecule has 0 spiro atoms. The number of hydrogen-bond donors (Lipinski definition) is 1. The van der Waals surface area contributed by atoms with Gasteiger partial charge in [-0.3, -0.25) is 0 Å². The number of benzene rings is 2. The van der Waals surface area contributed by atoms with Gasteiger partial charge in [0.15, 0.2) is 5.89 Å². The summed E-state index contributed by atoms with van der Waals surface area (Å²) in [5, 5.41) is 2.86. The fraction of sp³-hybridized carbons (Fsp3) is 0.414. The van der Waals surface area contributed by atoms with Crippen LogP contribution in [0.1, 0.15) is 59.2 Å². The van der Waals surface area contributed by atoms with Gasteiger partial charge in [0, 0.05) is 44.3 Å². The maximum atomic E-state index is 15.6. The van der Waals surface area contributed by atoms with Gasteiger partial charge in [-0.1, -0.05) is 48.4 Å². The molecule has 2 aliphatic rings. The van der Waals surface area contributed by atoms with E-state index in [1.54, 1.807) is 19.3 Å². The summed E-state index contributed by atoms with van der Waals surface area (Å²) in [7, 11) is -3.79. The standard InChI is InChI=1S/C29H32FN3O4S/c1-3-26-11-12-28(22-7-5-4-6-8-22)38(34,35)33(26)19-23-9-10-24(17-27(23)30)29(13-15-36-16-14-29)31-18-25-20-37-21(2)32-25/h1,4-10,17,20,26,28,31H,11-16,18-19H2,2H3/t26-,28+/m0/s1. The molecule has 2 aliphatic heterocycles. The number of ether oxygens (including phenoxy) is 1. The highest BCUT2D eigenvalue weighted by atomic mass is 32.2. The molecule has 2 fully saturated rings. The van der Waals surface area contributed by atoms with E-state index >= 15 is 4.39 Å². The van der Waals surface area contributed by atoms with Gasteiger partial charge >= 0.3 is 0 Å². The average molecular weight is 538 g/mol. The minimum atomic E-state index is -3.79. The summed E-state index contributed by atoms with van der Waals surface area (Å²) in [5.41, 5.74) is 2.08. The zero-order valence-electron chi connectivity index (χ0n) is 21.4. The van der Waals surface area contributed by atoms with Crippen LogP contribution in [-0.4, -0.2) is 37.0 Å². The van der Waals surface area contributed by atoms with E-state index < -0.39 is 32.7 Å². The molecule has 5 rings (SSSR count). The van der Waals surface area contributed by atoms with Crippen LogP contribution >= 0.6 is 0 Å². The number of aryl methyl sites for hydroxylation is 1. The molecular weight excluding hydrogens is 505 g/mol. The van der Waals surface area contributed by atoms with Crippen LogP contribution in [0.15, 0.2) is 59.2 Å². The van der Waals surface area contributed by atoms with Crippen molar-refractivity contribution in [1.29, 1.82) is 0 Å². The summed E-state index contributed by atoms with van der Waals surface area (Å²) in [6, 6.07) is 13.6. The Balaban J connectivity index is 1.40. The van der Waals surface area contributed by atoms with Gasteiger partial charge in [0.1, 0.15) is 17.3 Å². The molecular formula is C29H32FN3O4S. The van der Waals surface area contributed by atoms with Gasteiger partial charge in [-0.05, 0) is 42.9 Å². The van der Waals surface area contributed by atoms with Gasteiger partial charge in [-0.2, -0.15) is 4.31 Å². The molecule has 1 aromatic heterocycles. The molecule has 0 radical (unpaired) electrons. The summed E-state index contributed by atoms with van der Waals surface area (Å²) in [4.78, 5) is 4.36. The first-order valence-corrected chi connectivity index (χ1v) is 14.4. The van der Waals surface area contributed by atoms with E-state index in [-0.39, 0.29) is 6.54 Å². The van der Waals surface area contributed by atoms with Crippen molar-refractivity contribution in [1.82, 2.24) is 14.6 Å². The lowest BCUT2D eigenvalue weighted by atomic mass is 9.82. The Labute approximate surface area is 223 Å². The van der Waals surface area contributed by atoms with Crippen molar-refractivity contribution in [2.75, 3.05) is 13.2 Å². The summed E-state index contributed by atoms with van der Waals surface area (Å²) in [5.74, 6) is 2.74. The highest BCUT2D eigenvalue weighted by Crippen LogP contribution is 2.39. The minimum Gasteiger partial charge on any atom is -0.449 e. The highest BCUT2D eigenvalue weighted by Gasteiger charge is 2.42. The lowest BCUT2D eigenvalue weighted by Crippen LogP contribution is -2.47. The predicted octanol–water partition coefficient (Wildman–Crippen LogP) is 4.59. The van der Waals surface area contributed by atoms with Crippen LogP contribution in [0, 0.1) is 25.1 Å². The number of terminal acetylenes is 1. The normalized spacial score (nSPS) is 23.1. The van der Waals surface area contributed by atoms with Gasteiger partial charge in [0.2, 0.25) is 10.0 Å². The van der Waals surface area contributed by atoms with Crippen molar-refractivity contribution in [2.45, 2.75) is 62.5 Å². The van der Waals surface area contributed by atoms with Crippen molar-refractivity contribution < 1.29 is 22.0 Å². The molecule has 0 unspecified atom stereocenters. The van der Waals surface area contributed by atoms with Gasteiger partial charge in [-0.15, -0.1) is 6.42 Å². The molecule has 200 valence electrons. The van der Waals surface area contributed by atoms with Gasteiger partial charge in [0.25, 0.3) is 0 Å². The molecule has 7 nitrogen and oxygen atoms in total. The second kappa shape index (κ2) is 11.0. The Morgan fingerprint density at radius 1 is 1.18 bits per heavy atom. The summed E-state index contributed by atoms with van der Waals surface area (Å²) >= 11 is 0. The molecule has 1 N–H and O–H groups in total. The second-order valence-corrected chi connectivity index (χ2v) is 12.0. The summed E-state index contributed by atoms with van der Waals surface area (Å²) < 4.78 is 55.2. The lowest BCUT2D eigenvalue weighted by Gasteiger charge is -2.39. The van der Waals surface area contributed by atoms with E-state index in [2.05, 4.69) is 16.2 Å². The second-order valence-electron chi connectivity index (χ2n) is 9.96. The molecule has 0 aliphatic carbocycles. The summed E-state index contributed by atoms with van der Waals surface area (Å²) in [6.45, 7) is 3.24. The molecule has 0 saturated carbocycles. The largest absolute Gasteiger partial charge is 0.449 e. The molecule has 38 heavy (non-hydrogen) atoms. The zero-order chi connectivity index (χ0) is 26.8. The van der Waals surface area contributed by atoms with E-state index in [1.807, 2.05) is 36.4 Å². The molecule has 0 amide bonds. The Morgan fingerprint density at radius 3 is 2.61 bits per heavy atom. The van der Waals surface area contributed by atoms with E-state index in [0.29, 0.717) is 56.9 Å². The van der Waals surface area contributed by atoms with Crippen LogP contribution in [0.5, 0.6) is 0 Å². The topological polar surface area (TPSA) is 84.7 Å². The van der Waals surface area contributed by atoms with E-state index in [1.165, 1.54) is 10.4 Å². The van der Waals surface area contributed by atoms with Crippen LogP contribution in [0.2, 0.25) is 0 Å². The van der Waals surface area contributed by atoms with Crippen molar-refractivity contribution in [2.24, 2.45) is 0 Å². The van der Waals surface area contributed by atoms with Crippen molar-refractivity contribution in [3.8, 4) is 12.3 Å². The van der Waals surface area contributed by atoms with Crippen LogP contribution in [0.3, 0.4) is 0 Å². The van der Waals surface area contributed by atoms with Crippen molar-refractivity contribution in [3.63, 3.8) is 0 Å². The Hall–Kier alpha value is -3.03. The molecule has 2 aromatic carbocycles. The highest BCUT2D eigenvalue weighted by molar-refractivity contribution is 7.89. The third-order valence-electron chi connectivity index (χ3n) is 7.65. The predicted molar refractivity (Wildman–Crippen MR) is 142 cm³/mol. The molecule has 3 aromatic rings. The summed E-state index contributed by atoms with van der Waals surface area (Å²) in [6.07, 6.45) is 9.63. The Kier molecular flexibility index (Phi) is 7.68. The molecule has 9 heteroatoms. The average Bonchev–Trinajstić information content (AvgIpc) is 3.35. The van der Waals surface area contributed by atoms with Crippen molar-refractivity contribution in [3.05, 3.63) is 88.9 Å². The third-order valence-corrected chi connectivity index (χ3v) is 9.92. The fourth-order valence-corrected chi connectivity index (χ4v) is 7.60. The number of sulfonamides is 1. The maximum absolute atomic E-state index is 15.6. The lowest BCUT2D eigenvalue weighted by molar-refractivity contribution is 0.0355. The number of rotatable bonds is 7. The number of hydrogen-bond acceptors (Lipinski definition) is 6. The number of oxazole rings is 1. The smallest absolute Gasteiger partial charge is 0.222 e. The number of nitrogens with zero attached hydrogens (tertiary/aromatic N) is 2. The van der Waals surface area contributed by atoms with Crippen LogP contribution < -0.4 is 5.32 Å². The van der Waals surface area contributed by atoms with Crippen molar-refractivity contribution >= 4 is 10.0 Å². The Morgan fingerprint density at radius 2 is 1.95 bits per heavy atom. The number of aromatic nitrogens is 1. The first-order chi connectivity index (χ1) is 18.3. The zero-order valence-corrected chi connectivity index (χ0v) is 22.2. The first-order valence-electron chi connectivity index (χ1n) is 12.9. The molecule has 0 bridgehead atoms. The van der Waals surface area contributed by atoms with Crippen LogP contribution in [0.4, 0.5) is 4.39 Å². The molecule has 3 heterocycles.